The van der Waals surface area contributed by atoms with Crippen molar-refractivity contribution in [1.29, 1.82) is 0 Å². The maximum atomic E-state index is 11.7. The van der Waals surface area contributed by atoms with E-state index in [0.717, 1.165) is 3.57 Å². The molecule has 0 aromatic heterocycles. The molecular formula is C11H12INO5. The summed E-state index contributed by atoms with van der Waals surface area (Å²) in [5.41, 5.74) is 0.0992. The Labute approximate surface area is 117 Å². The average molecular weight is 365 g/mol. The fraction of sp³-hybridized carbons (Fsp3) is 0.273. The predicted octanol–water partition coefficient (Wildman–Crippen LogP) is 0.826. The van der Waals surface area contributed by atoms with E-state index < -0.39 is 18.0 Å². The lowest BCUT2D eigenvalue weighted by atomic mass is 10.2. The van der Waals surface area contributed by atoms with Crippen LogP contribution >= 0.6 is 22.6 Å². The number of carbonyl (C=O) groups excluding carboxylic acids is 1. The summed E-state index contributed by atoms with van der Waals surface area (Å²) in [6.07, 6.45) is -1.11. The first-order valence-corrected chi connectivity index (χ1v) is 6.06. The molecule has 0 saturated heterocycles. The van der Waals surface area contributed by atoms with E-state index in [2.05, 4.69) is 10.1 Å². The van der Waals surface area contributed by atoms with Crippen LogP contribution in [0.5, 0.6) is 5.75 Å². The number of benzene rings is 1. The predicted molar refractivity (Wildman–Crippen MR) is 71.6 cm³/mol. The number of aliphatic carboxylic acids is 1. The topological polar surface area (TPSA) is 95.9 Å². The minimum atomic E-state index is -1.16. The van der Waals surface area contributed by atoms with Gasteiger partial charge in [0.25, 0.3) is 5.91 Å². The van der Waals surface area contributed by atoms with Crippen molar-refractivity contribution < 1.29 is 24.5 Å². The zero-order chi connectivity index (χ0) is 13.7. The van der Waals surface area contributed by atoms with Crippen molar-refractivity contribution in [3.8, 4) is 5.75 Å². The van der Waals surface area contributed by atoms with Gasteiger partial charge in [-0.2, -0.15) is 0 Å². The molecule has 6 nitrogen and oxygen atoms in total. The lowest BCUT2D eigenvalue weighted by Crippen LogP contribution is -2.37. The molecule has 0 aliphatic rings. The number of rotatable bonds is 5. The number of aromatic hydroxyl groups is 1. The van der Waals surface area contributed by atoms with Crippen LogP contribution < -0.4 is 5.32 Å². The number of nitrogens with one attached hydrogen (secondary N) is 1. The van der Waals surface area contributed by atoms with Crippen LogP contribution in [0.2, 0.25) is 0 Å². The Balaban J connectivity index is 2.71. The van der Waals surface area contributed by atoms with Gasteiger partial charge in [-0.1, -0.05) is 0 Å². The number of methoxy groups -OCH3 is 1. The molecule has 1 rings (SSSR count). The van der Waals surface area contributed by atoms with E-state index in [0.29, 0.717) is 0 Å². The standard InChI is InChI=1S/C11H12INO5/c1-18-9(11(16)17)5-13-10(15)7-4-6(12)2-3-8(7)14/h2-4,9,14H,5H2,1H3,(H,13,15)(H,16,17). The zero-order valence-corrected chi connectivity index (χ0v) is 11.7. The van der Waals surface area contributed by atoms with E-state index in [1.165, 1.54) is 19.2 Å². The van der Waals surface area contributed by atoms with Crippen LogP contribution in [0.1, 0.15) is 10.4 Å². The van der Waals surface area contributed by atoms with E-state index in [1.807, 2.05) is 22.6 Å². The quantitative estimate of drug-likeness (QED) is 0.672. The molecule has 1 unspecified atom stereocenters. The van der Waals surface area contributed by atoms with E-state index in [4.69, 9.17) is 5.11 Å². The van der Waals surface area contributed by atoms with Crippen LogP contribution in [0.15, 0.2) is 18.2 Å². The number of hydrogen-bond donors (Lipinski definition) is 3. The van der Waals surface area contributed by atoms with Gasteiger partial charge in [0.15, 0.2) is 6.10 Å². The van der Waals surface area contributed by atoms with Crippen LogP contribution in [0.25, 0.3) is 0 Å². The van der Waals surface area contributed by atoms with Crippen molar-refractivity contribution in [2.45, 2.75) is 6.10 Å². The number of hydrogen-bond acceptors (Lipinski definition) is 4. The first kappa shape index (κ1) is 14.7. The van der Waals surface area contributed by atoms with E-state index in [1.54, 1.807) is 6.07 Å². The molecule has 18 heavy (non-hydrogen) atoms. The van der Waals surface area contributed by atoms with Gasteiger partial charge in [-0.25, -0.2) is 4.79 Å². The molecule has 0 heterocycles. The van der Waals surface area contributed by atoms with Crippen molar-refractivity contribution in [3.63, 3.8) is 0 Å². The van der Waals surface area contributed by atoms with Crippen LogP contribution in [-0.4, -0.2) is 41.8 Å². The lowest BCUT2D eigenvalue weighted by Gasteiger charge is -2.12. The third kappa shape index (κ3) is 3.84. The number of halogens is 1. The van der Waals surface area contributed by atoms with Crippen LogP contribution in [0.4, 0.5) is 0 Å². The SMILES string of the molecule is COC(CNC(=O)c1cc(I)ccc1O)C(=O)O. The monoisotopic (exact) mass is 365 g/mol. The molecule has 1 atom stereocenters. The molecule has 7 heteroatoms. The summed E-state index contributed by atoms with van der Waals surface area (Å²) >= 11 is 2.01. The molecule has 0 bridgehead atoms. The summed E-state index contributed by atoms with van der Waals surface area (Å²) in [4.78, 5) is 22.4. The van der Waals surface area contributed by atoms with Crippen molar-refractivity contribution in [2.75, 3.05) is 13.7 Å². The Bertz CT molecular complexity index is 463. The molecule has 0 radical (unpaired) electrons. The average Bonchev–Trinajstić information content (AvgIpc) is 2.32. The van der Waals surface area contributed by atoms with Gasteiger partial charge < -0.3 is 20.3 Å². The van der Waals surface area contributed by atoms with Crippen LogP contribution in [0.3, 0.4) is 0 Å². The summed E-state index contributed by atoms with van der Waals surface area (Å²) < 4.78 is 5.46. The van der Waals surface area contributed by atoms with Crippen molar-refractivity contribution in [1.82, 2.24) is 5.32 Å². The van der Waals surface area contributed by atoms with Gasteiger partial charge in [0, 0.05) is 10.7 Å². The van der Waals surface area contributed by atoms with Gasteiger partial charge in [0.2, 0.25) is 0 Å². The highest BCUT2D eigenvalue weighted by Crippen LogP contribution is 2.19. The van der Waals surface area contributed by atoms with Gasteiger partial charge in [-0.05, 0) is 40.8 Å². The number of carbonyl (C=O) groups is 2. The highest BCUT2D eigenvalue weighted by atomic mass is 127. The summed E-state index contributed by atoms with van der Waals surface area (Å²) in [7, 11) is 1.24. The first-order chi connectivity index (χ1) is 8.45. The number of amides is 1. The number of ether oxygens (including phenoxy) is 1. The second kappa shape index (κ2) is 6.55. The van der Waals surface area contributed by atoms with Gasteiger partial charge in [0.05, 0.1) is 12.1 Å². The third-order valence-electron chi connectivity index (χ3n) is 2.21. The molecule has 0 spiro atoms. The third-order valence-corrected chi connectivity index (χ3v) is 2.88. The van der Waals surface area contributed by atoms with Gasteiger partial charge >= 0.3 is 5.97 Å². The second-order valence-electron chi connectivity index (χ2n) is 3.43. The number of phenolic OH excluding ortho intramolecular Hbond substituents is 1. The minimum Gasteiger partial charge on any atom is -0.507 e. The Morgan fingerprint density at radius 1 is 1.50 bits per heavy atom. The largest absolute Gasteiger partial charge is 0.507 e. The van der Waals surface area contributed by atoms with Gasteiger partial charge in [0.1, 0.15) is 5.75 Å². The fourth-order valence-electron chi connectivity index (χ4n) is 1.24. The number of phenols is 1. The summed E-state index contributed by atoms with van der Waals surface area (Å²) in [5, 5.41) is 20.6. The smallest absolute Gasteiger partial charge is 0.334 e. The number of carboxylic acids is 1. The molecule has 0 saturated carbocycles. The second-order valence-corrected chi connectivity index (χ2v) is 4.68. The van der Waals surface area contributed by atoms with Crippen LogP contribution in [-0.2, 0) is 9.53 Å². The molecule has 1 aromatic rings. The van der Waals surface area contributed by atoms with E-state index in [-0.39, 0.29) is 17.9 Å². The lowest BCUT2D eigenvalue weighted by molar-refractivity contribution is -0.147. The van der Waals surface area contributed by atoms with Crippen molar-refractivity contribution in [3.05, 3.63) is 27.3 Å². The molecule has 1 aromatic carbocycles. The van der Waals surface area contributed by atoms with Gasteiger partial charge in [-0.3, -0.25) is 4.79 Å². The zero-order valence-electron chi connectivity index (χ0n) is 9.51. The molecule has 1 amide bonds. The molecule has 0 fully saturated rings. The van der Waals surface area contributed by atoms with Gasteiger partial charge in [-0.15, -0.1) is 0 Å². The molecule has 0 aliphatic heterocycles. The molecule has 0 aliphatic carbocycles. The van der Waals surface area contributed by atoms with E-state index >= 15 is 0 Å². The Morgan fingerprint density at radius 2 is 2.17 bits per heavy atom. The Kier molecular flexibility index (Phi) is 5.35. The highest BCUT2D eigenvalue weighted by molar-refractivity contribution is 14.1. The Morgan fingerprint density at radius 3 is 2.72 bits per heavy atom. The summed E-state index contributed by atoms with van der Waals surface area (Å²) in [5.74, 6) is -1.86. The summed E-state index contributed by atoms with van der Waals surface area (Å²) in [6, 6.07) is 4.57. The van der Waals surface area contributed by atoms with Crippen molar-refractivity contribution >= 4 is 34.5 Å². The van der Waals surface area contributed by atoms with Crippen molar-refractivity contribution in [2.24, 2.45) is 0 Å². The fourth-order valence-corrected chi connectivity index (χ4v) is 1.73. The molecule has 98 valence electrons. The maximum Gasteiger partial charge on any atom is 0.334 e. The maximum absolute atomic E-state index is 11.7. The summed E-state index contributed by atoms with van der Waals surface area (Å²) in [6.45, 7) is -0.171. The highest BCUT2D eigenvalue weighted by Gasteiger charge is 2.18. The van der Waals surface area contributed by atoms with Crippen LogP contribution in [0, 0.1) is 3.57 Å². The normalized spacial score (nSPS) is 11.9. The minimum absolute atomic E-state index is 0.0992. The molecular weight excluding hydrogens is 353 g/mol. The van der Waals surface area contributed by atoms with E-state index in [9.17, 15) is 14.7 Å². The Hall–Kier alpha value is -1.35. The molecule has 3 N–H and O–H groups in total. The number of carboxylic acid groups (broad SMARTS) is 1. The first-order valence-electron chi connectivity index (χ1n) is 4.98.